The standard InChI is InChI=1S/C13H20N6O/c1-3-14-12-17-10(9-7-16-19-11(9)18-12)15-8-13(2)5-4-6-20-13/h7H,3-6,8H2,1-2H3,(H3,14,15,16,17,18,19). The normalized spacial score (nSPS) is 22.3. The van der Waals surface area contributed by atoms with E-state index in [1.54, 1.807) is 6.20 Å². The van der Waals surface area contributed by atoms with Crippen LogP contribution < -0.4 is 10.6 Å². The van der Waals surface area contributed by atoms with E-state index in [4.69, 9.17) is 4.74 Å². The highest BCUT2D eigenvalue weighted by atomic mass is 16.5. The third-order valence-corrected chi connectivity index (χ3v) is 3.57. The Hall–Kier alpha value is -1.89. The Kier molecular flexibility index (Phi) is 3.43. The Balaban J connectivity index is 1.83. The van der Waals surface area contributed by atoms with Gasteiger partial charge in [-0.15, -0.1) is 0 Å². The minimum Gasteiger partial charge on any atom is -0.373 e. The van der Waals surface area contributed by atoms with Crippen LogP contribution in [-0.2, 0) is 4.74 Å². The van der Waals surface area contributed by atoms with Crippen LogP contribution in [0.2, 0.25) is 0 Å². The first-order chi connectivity index (χ1) is 9.70. The second kappa shape index (κ2) is 5.24. The third kappa shape index (κ3) is 2.53. The average Bonchev–Trinajstić information content (AvgIpc) is 3.06. The molecule has 0 bridgehead atoms. The largest absolute Gasteiger partial charge is 0.373 e. The van der Waals surface area contributed by atoms with Crippen LogP contribution in [0.5, 0.6) is 0 Å². The summed E-state index contributed by atoms with van der Waals surface area (Å²) < 4.78 is 5.79. The van der Waals surface area contributed by atoms with Crippen LogP contribution in [0.25, 0.3) is 11.0 Å². The fourth-order valence-electron chi connectivity index (χ4n) is 2.45. The van der Waals surface area contributed by atoms with Crippen molar-refractivity contribution in [1.29, 1.82) is 0 Å². The molecular formula is C13H20N6O. The van der Waals surface area contributed by atoms with Crippen molar-refractivity contribution in [2.75, 3.05) is 30.3 Å². The van der Waals surface area contributed by atoms with Gasteiger partial charge >= 0.3 is 0 Å². The molecule has 1 aliphatic rings. The minimum atomic E-state index is -0.112. The van der Waals surface area contributed by atoms with Crippen molar-refractivity contribution in [1.82, 2.24) is 20.2 Å². The molecule has 1 saturated heterocycles. The van der Waals surface area contributed by atoms with Gasteiger partial charge < -0.3 is 15.4 Å². The van der Waals surface area contributed by atoms with E-state index in [0.717, 1.165) is 49.4 Å². The molecule has 3 N–H and O–H groups in total. The van der Waals surface area contributed by atoms with Gasteiger partial charge in [0.25, 0.3) is 0 Å². The van der Waals surface area contributed by atoms with Crippen molar-refractivity contribution in [3.05, 3.63) is 6.20 Å². The Labute approximate surface area is 117 Å². The number of ether oxygens (including phenoxy) is 1. The number of hydrogen-bond acceptors (Lipinski definition) is 6. The molecule has 0 saturated carbocycles. The highest BCUT2D eigenvalue weighted by Crippen LogP contribution is 2.27. The smallest absolute Gasteiger partial charge is 0.226 e. The van der Waals surface area contributed by atoms with Gasteiger partial charge in [-0.3, -0.25) is 5.10 Å². The summed E-state index contributed by atoms with van der Waals surface area (Å²) in [6, 6.07) is 0. The van der Waals surface area contributed by atoms with E-state index in [0.29, 0.717) is 5.95 Å². The molecule has 2 aromatic rings. The molecule has 108 valence electrons. The lowest BCUT2D eigenvalue weighted by Gasteiger charge is -2.23. The summed E-state index contributed by atoms with van der Waals surface area (Å²) >= 11 is 0. The third-order valence-electron chi connectivity index (χ3n) is 3.57. The van der Waals surface area contributed by atoms with E-state index in [2.05, 4.69) is 37.7 Å². The first kappa shape index (κ1) is 13.1. The summed E-state index contributed by atoms with van der Waals surface area (Å²) in [5.41, 5.74) is 0.621. The summed E-state index contributed by atoms with van der Waals surface area (Å²) in [4.78, 5) is 8.88. The Bertz CT molecular complexity index is 590. The number of nitrogens with zero attached hydrogens (tertiary/aromatic N) is 3. The molecule has 1 aliphatic heterocycles. The topological polar surface area (TPSA) is 87.8 Å². The second-order valence-corrected chi connectivity index (χ2v) is 5.31. The molecule has 1 atom stereocenters. The quantitative estimate of drug-likeness (QED) is 0.771. The summed E-state index contributed by atoms with van der Waals surface area (Å²) in [6.45, 7) is 6.49. The van der Waals surface area contributed by atoms with Crippen LogP contribution in [0.3, 0.4) is 0 Å². The van der Waals surface area contributed by atoms with Gasteiger partial charge in [0, 0.05) is 19.7 Å². The fraction of sp³-hybridized carbons (Fsp3) is 0.615. The number of fused-ring (bicyclic) bond motifs is 1. The van der Waals surface area contributed by atoms with Crippen molar-refractivity contribution in [2.45, 2.75) is 32.3 Å². The molecule has 0 aromatic carbocycles. The van der Waals surface area contributed by atoms with Crippen molar-refractivity contribution >= 4 is 22.8 Å². The van der Waals surface area contributed by atoms with Crippen molar-refractivity contribution in [3.63, 3.8) is 0 Å². The zero-order chi connectivity index (χ0) is 14.0. The van der Waals surface area contributed by atoms with Gasteiger partial charge in [0.1, 0.15) is 5.82 Å². The molecule has 0 radical (unpaired) electrons. The molecule has 3 rings (SSSR count). The molecule has 1 fully saturated rings. The predicted octanol–water partition coefficient (Wildman–Crippen LogP) is 1.77. The molecule has 0 aliphatic carbocycles. The SMILES string of the molecule is CCNc1nc(NCC2(C)CCCO2)c2cn[nH]c2n1. The Morgan fingerprint density at radius 2 is 2.30 bits per heavy atom. The number of anilines is 2. The molecule has 7 heteroatoms. The first-order valence-electron chi connectivity index (χ1n) is 7.03. The summed E-state index contributed by atoms with van der Waals surface area (Å²) in [7, 11) is 0. The van der Waals surface area contributed by atoms with Crippen molar-refractivity contribution in [3.8, 4) is 0 Å². The molecular weight excluding hydrogens is 256 g/mol. The molecule has 1 unspecified atom stereocenters. The molecule has 20 heavy (non-hydrogen) atoms. The lowest BCUT2D eigenvalue weighted by molar-refractivity contribution is 0.0315. The lowest BCUT2D eigenvalue weighted by Crippen LogP contribution is -2.32. The highest BCUT2D eigenvalue weighted by molar-refractivity contribution is 5.86. The number of hydrogen-bond donors (Lipinski definition) is 3. The van der Waals surface area contributed by atoms with Gasteiger partial charge in [-0.05, 0) is 26.7 Å². The predicted molar refractivity (Wildman–Crippen MR) is 77.9 cm³/mol. The van der Waals surface area contributed by atoms with Gasteiger partial charge in [-0.1, -0.05) is 0 Å². The van der Waals surface area contributed by atoms with Gasteiger partial charge in [0.05, 0.1) is 17.2 Å². The maximum atomic E-state index is 5.79. The van der Waals surface area contributed by atoms with Crippen molar-refractivity contribution < 1.29 is 4.74 Å². The van der Waals surface area contributed by atoms with Crippen LogP contribution in [0.4, 0.5) is 11.8 Å². The van der Waals surface area contributed by atoms with Crippen molar-refractivity contribution in [2.24, 2.45) is 0 Å². The summed E-state index contributed by atoms with van der Waals surface area (Å²) in [5, 5.41) is 14.3. The number of aromatic nitrogens is 4. The molecule has 2 aromatic heterocycles. The molecule has 3 heterocycles. The number of aromatic amines is 1. The zero-order valence-corrected chi connectivity index (χ0v) is 11.9. The molecule has 7 nitrogen and oxygen atoms in total. The second-order valence-electron chi connectivity index (χ2n) is 5.31. The van der Waals surface area contributed by atoms with Crippen LogP contribution >= 0.6 is 0 Å². The van der Waals surface area contributed by atoms with E-state index in [1.165, 1.54) is 0 Å². The first-order valence-corrected chi connectivity index (χ1v) is 7.03. The summed E-state index contributed by atoms with van der Waals surface area (Å²) in [6.07, 6.45) is 3.93. The van der Waals surface area contributed by atoms with Crippen LogP contribution in [0.1, 0.15) is 26.7 Å². The van der Waals surface area contributed by atoms with Crippen LogP contribution in [0.15, 0.2) is 6.20 Å². The van der Waals surface area contributed by atoms with Crippen LogP contribution in [0, 0.1) is 0 Å². The monoisotopic (exact) mass is 276 g/mol. The van der Waals surface area contributed by atoms with Gasteiger partial charge in [0.2, 0.25) is 5.95 Å². The maximum absolute atomic E-state index is 5.79. The van der Waals surface area contributed by atoms with Gasteiger partial charge in [-0.2, -0.15) is 15.1 Å². The van der Waals surface area contributed by atoms with E-state index in [-0.39, 0.29) is 5.60 Å². The molecule has 0 spiro atoms. The Morgan fingerprint density at radius 3 is 3.05 bits per heavy atom. The van der Waals surface area contributed by atoms with E-state index >= 15 is 0 Å². The zero-order valence-electron chi connectivity index (χ0n) is 11.9. The average molecular weight is 276 g/mol. The van der Waals surface area contributed by atoms with Crippen LogP contribution in [-0.4, -0.2) is 45.5 Å². The number of nitrogens with one attached hydrogen (secondary N) is 3. The number of H-pyrrole nitrogens is 1. The Morgan fingerprint density at radius 1 is 1.40 bits per heavy atom. The summed E-state index contributed by atoms with van der Waals surface area (Å²) in [5.74, 6) is 1.39. The maximum Gasteiger partial charge on any atom is 0.226 e. The van der Waals surface area contributed by atoms with Gasteiger partial charge in [-0.25, -0.2) is 0 Å². The fourth-order valence-corrected chi connectivity index (χ4v) is 2.45. The number of rotatable bonds is 5. The van der Waals surface area contributed by atoms with E-state index in [9.17, 15) is 0 Å². The molecule has 0 amide bonds. The highest BCUT2D eigenvalue weighted by Gasteiger charge is 2.29. The van der Waals surface area contributed by atoms with E-state index < -0.39 is 0 Å². The van der Waals surface area contributed by atoms with Gasteiger partial charge in [0.15, 0.2) is 5.65 Å². The lowest BCUT2D eigenvalue weighted by atomic mass is 10.0. The minimum absolute atomic E-state index is 0.112. The van der Waals surface area contributed by atoms with E-state index in [1.807, 2.05) is 6.92 Å².